The Morgan fingerprint density at radius 2 is 1.86 bits per heavy atom. The first-order valence-electron chi connectivity index (χ1n) is 9.86. The number of aryl methyl sites for hydroxylation is 3. The molecule has 5 heteroatoms. The van der Waals surface area contributed by atoms with Crippen LogP contribution in [0.15, 0.2) is 36.4 Å². The summed E-state index contributed by atoms with van der Waals surface area (Å²) in [5.41, 5.74) is 4.03. The maximum atomic E-state index is 12.4. The Kier molecular flexibility index (Phi) is 6.93. The van der Waals surface area contributed by atoms with Crippen LogP contribution in [0.5, 0.6) is 11.5 Å². The van der Waals surface area contributed by atoms with Gasteiger partial charge in [0, 0.05) is 6.61 Å². The zero-order valence-corrected chi connectivity index (χ0v) is 16.9. The van der Waals surface area contributed by atoms with Crippen LogP contribution in [-0.4, -0.2) is 31.8 Å². The van der Waals surface area contributed by atoms with E-state index in [0.717, 1.165) is 36.3 Å². The Bertz CT molecular complexity index is 812. The van der Waals surface area contributed by atoms with Crippen LogP contribution in [0.2, 0.25) is 0 Å². The molecular weight excluding hydrogens is 354 g/mol. The van der Waals surface area contributed by atoms with Gasteiger partial charge in [0.15, 0.2) is 0 Å². The van der Waals surface area contributed by atoms with Crippen molar-refractivity contribution in [2.45, 2.75) is 46.1 Å². The minimum atomic E-state index is -0.101. The fourth-order valence-electron chi connectivity index (χ4n) is 3.24. The van der Waals surface area contributed by atoms with Crippen LogP contribution in [0, 0.1) is 20.8 Å². The van der Waals surface area contributed by atoms with Gasteiger partial charge in [-0.3, -0.25) is 4.79 Å². The molecule has 1 fully saturated rings. The molecule has 0 spiro atoms. The van der Waals surface area contributed by atoms with Gasteiger partial charge in [0.25, 0.3) is 0 Å². The summed E-state index contributed by atoms with van der Waals surface area (Å²) in [4.78, 5) is 12.4. The van der Waals surface area contributed by atoms with Crippen LogP contribution >= 0.6 is 0 Å². The lowest BCUT2D eigenvalue weighted by Crippen LogP contribution is -2.19. The molecule has 0 aliphatic carbocycles. The van der Waals surface area contributed by atoms with Gasteiger partial charge in [0.2, 0.25) is 5.91 Å². The SMILES string of the molecule is Cc1ccc(OCCC(=O)Nc2ccc(C)cc2OCC2CCCO2)c(C)c1. The summed E-state index contributed by atoms with van der Waals surface area (Å²) in [7, 11) is 0. The summed E-state index contributed by atoms with van der Waals surface area (Å²) >= 11 is 0. The standard InChI is InChI=1S/C23H29NO4/c1-16-7-9-21(18(3)13-16)27-12-10-23(25)24-20-8-6-17(2)14-22(20)28-15-19-5-4-11-26-19/h6-9,13-14,19H,4-5,10-12,15H2,1-3H3,(H,24,25). The number of amides is 1. The monoisotopic (exact) mass is 383 g/mol. The summed E-state index contributed by atoms with van der Waals surface area (Å²) in [5.74, 6) is 1.39. The molecule has 1 aliphatic heterocycles. The van der Waals surface area contributed by atoms with Gasteiger partial charge >= 0.3 is 0 Å². The van der Waals surface area contributed by atoms with Crippen molar-refractivity contribution in [3.63, 3.8) is 0 Å². The molecule has 0 saturated carbocycles. The molecule has 1 saturated heterocycles. The van der Waals surface area contributed by atoms with E-state index >= 15 is 0 Å². The Labute approximate surface area is 167 Å². The largest absolute Gasteiger partial charge is 0.493 e. The van der Waals surface area contributed by atoms with Gasteiger partial charge in [0.1, 0.15) is 18.1 Å². The maximum absolute atomic E-state index is 12.4. The van der Waals surface area contributed by atoms with Crippen molar-refractivity contribution in [1.82, 2.24) is 0 Å². The van der Waals surface area contributed by atoms with Crippen LogP contribution in [0.3, 0.4) is 0 Å². The molecule has 0 radical (unpaired) electrons. The lowest BCUT2D eigenvalue weighted by atomic mass is 10.1. The Balaban J connectivity index is 1.52. The van der Waals surface area contributed by atoms with E-state index in [9.17, 15) is 4.79 Å². The fraction of sp³-hybridized carbons (Fsp3) is 0.435. The molecule has 5 nitrogen and oxygen atoms in total. The smallest absolute Gasteiger partial charge is 0.227 e. The normalized spacial score (nSPS) is 16.0. The molecule has 1 heterocycles. The van der Waals surface area contributed by atoms with E-state index in [2.05, 4.69) is 11.4 Å². The zero-order chi connectivity index (χ0) is 19.9. The van der Waals surface area contributed by atoms with Crippen molar-refractivity contribution in [1.29, 1.82) is 0 Å². The van der Waals surface area contributed by atoms with Crippen LogP contribution in [-0.2, 0) is 9.53 Å². The average Bonchev–Trinajstić information content (AvgIpc) is 3.17. The molecule has 1 atom stereocenters. The van der Waals surface area contributed by atoms with Crippen molar-refractivity contribution in [3.05, 3.63) is 53.1 Å². The molecule has 2 aromatic carbocycles. The summed E-state index contributed by atoms with van der Waals surface area (Å²) < 4.78 is 17.3. The first-order valence-corrected chi connectivity index (χ1v) is 9.86. The van der Waals surface area contributed by atoms with Crippen LogP contribution in [0.25, 0.3) is 0 Å². The second kappa shape index (κ2) is 9.60. The first-order chi connectivity index (χ1) is 13.5. The number of anilines is 1. The summed E-state index contributed by atoms with van der Waals surface area (Å²) in [6, 6.07) is 11.8. The molecule has 0 aromatic heterocycles. The minimum absolute atomic E-state index is 0.101. The molecule has 1 N–H and O–H groups in total. The molecule has 28 heavy (non-hydrogen) atoms. The second-order valence-electron chi connectivity index (χ2n) is 7.36. The minimum Gasteiger partial charge on any atom is -0.493 e. The number of rotatable bonds is 8. The number of hydrogen-bond acceptors (Lipinski definition) is 4. The van der Waals surface area contributed by atoms with E-state index < -0.39 is 0 Å². The van der Waals surface area contributed by atoms with Crippen molar-refractivity contribution < 1.29 is 19.0 Å². The van der Waals surface area contributed by atoms with Gasteiger partial charge < -0.3 is 19.5 Å². The van der Waals surface area contributed by atoms with Crippen molar-refractivity contribution in [2.75, 3.05) is 25.1 Å². The Morgan fingerprint density at radius 3 is 2.61 bits per heavy atom. The molecule has 1 unspecified atom stereocenters. The summed E-state index contributed by atoms with van der Waals surface area (Å²) in [6.07, 6.45) is 2.50. The highest BCUT2D eigenvalue weighted by Crippen LogP contribution is 2.27. The lowest BCUT2D eigenvalue weighted by molar-refractivity contribution is -0.116. The Hall–Kier alpha value is -2.53. The number of hydrogen-bond donors (Lipinski definition) is 1. The van der Waals surface area contributed by atoms with E-state index in [0.29, 0.717) is 24.7 Å². The van der Waals surface area contributed by atoms with E-state index in [-0.39, 0.29) is 18.4 Å². The average molecular weight is 383 g/mol. The van der Waals surface area contributed by atoms with Gasteiger partial charge in [-0.1, -0.05) is 23.8 Å². The summed E-state index contributed by atoms with van der Waals surface area (Å²) in [5, 5.41) is 2.94. The highest BCUT2D eigenvalue weighted by molar-refractivity contribution is 5.92. The number of benzene rings is 2. The third-order valence-electron chi connectivity index (χ3n) is 4.78. The van der Waals surface area contributed by atoms with Crippen LogP contribution in [0.1, 0.15) is 36.0 Å². The molecular formula is C23H29NO4. The maximum Gasteiger partial charge on any atom is 0.227 e. The van der Waals surface area contributed by atoms with E-state index in [1.807, 2.05) is 51.1 Å². The number of ether oxygens (including phenoxy) is 3. The van der Waals surface area contributed by atoms with Gasteiger partial charge in [-0.2, -0.15) is 0 Å². The van der Waals surface area contributed by atoms with Crippen molar-refractivity contribution in [2.24, 2.45) is 0 Å². The molecule has 3 rings (SSSR count). The number of carbonyl (C=O) groups is 1. The predicted octanol–water partition coefficient (Wildman–Crippen LogP) is 4.58. The number of nitrogens with one attached hydrogen (secondary N) is 1. The third-order valence-corrected chi connectivity index (χ3v) is 4.78. The Morgan fingerprint density at radius 1 is 1.07 bits per heavy atom. The van der Waals surface area contributed by atoms with Gasteiger partial charge in [-0.05, 0) is 62.9 Å². The molecule has 0 bridgehead atoms. The fourth-order valence-corrected chi connectivity index (χ4v) is 3.24. The molecule has 2 aromatic rings. The van der Waals surface area contributed by atoms with Crippen LogP contribution in [0.4, 0.5) is 5.69 Å². The topological polar surface area (TPSA) is 56.8 Å². The second-order valence-corrected chi connectivity index (χ2v) is 7.36. The zero-order valence-electron chi connectivity index (χ0n) is 16.9. The predicted molar refractivity (Wildman–Crippen MR) is 110 cm³/mol. The molecule has 1 aliphatic rings. The highest BCUT2D eigenvalue weighted by Gasteiger charge is 2.17. The quantitative estimate of drug-likeness (QED) is 0.725. The van der Waals surface area contributed by atoms with Gasteiger partial charge in [0.05, 0.1) is 24.8 Å². The molecule has 150 valence electrons. The van der Waals surface area contributed by atoms with E-state index in [4.69, 9.17) is 14.2 Å². The highest BCUT2D eigenvalue weighted by atomic mass is 16.5. The van der Waals surface area contributed by atoms with E-state index in [1.54, 1.807) is 0 Å². The van der Waals surface area contributed by atoms with Crippen LogP contribution < -0.4 is 14.8 Å². The van der Waals surface area contributed by atoms with Crippen molar-refractivity contribution >= 4 is 11.6 Å². The third kappa shape index (κ3) is 5.73. The number of carbonyl (C=O) groups excluding carboxylic acids is 1. The van der Waals surface area contributed by atoms with Gasteiger partial charge in [-0.25, -0.2) is 0 Å². The van der Waals surface area contributed by atoms with Gasteiger partial charge in [-0.15, -0.1) is 0 Å². The van der Waals surface area contributed by atoms with Crippen molar-refractivity contribution in [3.8, 4) is 11.5 Å². The molecule has 1 amide bonds. The van der Waals surface area contributed by atoms with E-state index in [1.165, 1.54) is 5.56 Å². The first kappa shape index (κ1) is 20.2. The summed E-state index contributed by atoms with van der Waals surface area (Å²) in [6.45, 7) is 7.68. The lowest BCUT2D eigenvalue weighted by Gasteiger charge is -2.16.